The van der Waals surface area contributed by atoms with Gasteiger partial charge in [-0.15, -0.1) is 24.0 Å². The zero-order chi connectivity index (χ0) is 10.5. The Hall–Kier alpha value is -0.0900. The summed E-state index contributed by atoms with van der Waals surface area (Å²) in [5, 5.41) is 0. The predicted octanol–water partition coefficient (Wildman–Crippen LogP) is 4.25. The molecule has 0 spiro atoms. The highest BCUT2D eigenvalue weighted by atomic mass is 127. The molecule has 1 nitrogen and oxygen atoms in total. The Morgan fingerprint density at radius 3 is 2.69 bits per heavy atom. The molecule has 1 saturated heterocycles. The fraction of sp³-hybridized carbons (Fsp3) is 0.571. The first-order valence-electron chi connectivity index (χ1n) is 5.96. The van der Waals surface area contributed by atoms with Crippen LogP contribution in [-0.4, -0.2) is 13.2 Å². The topological polar surface area (TPSA) is 9.23 Å². The Morgan fingerprint density at radius 1 is 1.19 bits per heavy atom. The van der Waals surface area contributed by atoms with Crippen molar-refractivity contribution in [3.05, 3.63) is 35.5 Å². The average molecular weight is 332 g/mol. The molecule has 0 N–H and O–H groups in total. The summed E-state index contributed by atoms with van der Waals surface area (Å²) < 4.78 is 5.38. The molecular weight excluding hydrogens is 311 g/mol. The molecule has 0 saturated carbocycles. The molecule has 16 heavy (non-hydrogen) atoms. The van der Waals surface area contributed by atoms with Crippen molar-refractivity contribution in [2.24, 2.45) is 5.92 Å². The molecule has 1 aliphatic carbocycles. The molecule has 0 atom stereocenters. The molecule has 2 rings (SSSR count). The maximum atomic E-state index is 5.38. The number of allylic oxidation sites excluding steroid dienone is 6. The molecule has 2 aliphatic rings. The monoisotopic (exact) mass is 332 g/mol. The lowest BCUT2D eigenvalue weighted by Gasteiger charge is -2.22. The Kier molecular flexibility index (Phi) is 6.36. The van der Waals surface area contributed by atoms with Gasteiger partial charge in [0, 0.05) is 13.2 Å². The van der Waals surface area contributed by atoms with E-state index in [0.29, 0.717) is 0 Å². The summed E-state index contributed by atoms with van der Waals surface area (Å²) in [6, 6.07) is 0. The second-order valence-electron chi connectivity index (χ2n) is 4.56. The Balaban J connectivity index is 0.00000128. The Bertz CT molecular complexity index is 296. The Labute approximate surface area is 116 Å². The van der Waals surface area contributed by atoms with Gasteiger partial charge in [-0.2, -0.15) is 0 Å². The van der Waals surface area contributed by atoms with Crippen LogP contribution >= 0.6 is 24.0 Å². The van der Waals surface area contributed by atoms with E-state index in [-0.39, 0.29) is 24.0 Å². The molecule has 2 heteroatoms. The van der Waals surface area contributed by atoms with E-state index >= 15 is 0 Å². The third-order valence-electron chi connectivity index (χ3n) is 3.25. The summed E-state index contributed by atoms with van der Waals surface area (Å²) in [5.41, 5.74) is 2.89. The van der Waals surface area contributed by atoms with Gasteiger partial charge >= 0.3 is 0 Å². The predicted molar refractivity (Wildman–Crippen MR) is 79.2 cm³/mol. The zero-order valence-corrected chi connectivity index (χ0v) is 12.3. The molecule has 1 fully saturated rings. The summed E-state index contributed by atoms with van der Waals surface area (Å²) in [5.74, 6) is 0.841. The van der Waals surface area contributed by atoms with Gasteiger partial charge in [0.25, 0.3) is 0 Å². The summed E-state index contributed by atoms with van der Waals surface area (Å²) in [7, 11) is 0. The van der Waals surface area contributed by atoms with Crippen LogP contribution in [0.2, 0.25) is 0 Å². The maximum Gasteiger partial charge on any atom is 0.0468 e. The molecule has 0 aromatic carbocycles. The third kappa shape index (κ3) is 4.42. The van der Waals surface area contributed by atoms with E-state index in [1.54, 1.807) is 0 Å². The van der Waals surface area contributed by atoms with Crippen molar-refractivity contribution < 1.29 is 4.74 Å². The van der Waals surface area contributed by atoms with E-state index in [1.165, 1.54) is 30.4 Å². The van der Waals surface area contributed by atoms with Gasteiger partial charge in [-0.3, -0.25) is 0 Å². The smallest absolute Gasteiger partial charge is 0.0468 e. The van der Waals surface area contributed by atoms with Crippen molar-refractivity contribution in [1.82, 2.24) is 0 Å². The minimum absolute atomic E-state index is 0. The van der Waals surface area contributed by atoms with Gasteiger partial charge in [-0.25, -0.2) is 0 Å². The van der Waals surface area contributed by atoms with Crippen LogP contribution in [0.5, 0.6) is 0 Å². The van der Waals surface area contributed by atoms with E-state index in [1.807, 2.05) is 0 Å². The minimum Gasteiger partial charge on any atom is -0.381 e. The van der Waals surface area contributed by atoms with Gasteiger partial charge in [-0.05, 0) is 38.5 Å². The molecule has 0 aromatic rings. The standard InChI is InChI=1S/C14H20O.HI/c1-12-3-2-4-13(6-5-12)11-14-7-9-15-10-8-14;/h3-6,14H,2,7-11H2,1H3;1H. The molecule has 0 unspecified atom stereocenters. The van der Waals surface area contributed by atoms with Crippen molar-refractivity contribution in [1.29, 1.82) is 0 Å². The number of rotatable bonds is 2. The van der Waals surface area contributed by atoms with Crippen LogP contribution in [0.4, 0.5) is 0 Å². The van der Waals surface area contributed by atoms with Gasteiger partial charge in [0.2, 0.25) is 0 Å². The van der Waals surface area contributed by atoms with Crippen molar-refractivity contribution in [3.63, 3.8) is 0 Å². The lowest BCUT2D eigenvalue weighted by atomic mass is 9.92. The van der Waals surface area contributed by atoms with Crippen LogP contribution in [0, 0.1) is 5.92 Å². The van der Waals surface area contributed by atoms with Crippen molar-refractivity contribution >= 4 is 24.0 Å². The molecule has 90 valence electrons. The highest BCUT2D eigenvalue weighted by molar-refractivity contribution is 14.0. The van der Waals surface area contributed by atoms with Crippen molar-refractivity contribution in [2.45, 2.75) is 32.6 Å². The lowest BCUT2D eigenvalue weighted by Crippen LogP contribution is -2.15. The quantitative estimate of drug-likeness (QED) is 0.687. The molecule has 1 aliphatic heterocycles. The average Bonchev–Trinajstić information content (AvgIpc) is 2.46. The maximum absolute atomic E-state index is 5.38. The summed E-state index contributed by atoms with van der Waals surface area (Å²) in [4.78, 5) is 0. The third-order valence-corrected chi connectivity index (χ3v) is 3.25. The van der Waals surface area contributed by atoms with E-state index in [4.69, 9.17) is 4.74 Å². The van der Waals surface area contributed by atoms with Crippen LogP contribution in [0.15, 0.2) is 35.5 Å². The number of ether oxygens (including phenoxy) is 1. The molecular formula is C14H21IO. The summed E-state index contributed by atoms with van der Waals surface area (Å²) in [6.45, 7) is 4.08. The van der Waals surface area contributed by atoms with Crippen LogP contribution in [-0.2, 0) is 4.74 Å². The number of hydrogen-bond acceptors (Lipinski definition) is 1. The molecule has 0 bridgehead atoms. The number of hydrogen-bond donors (Lipinski definition) is 0. The molecule has 0 amide bonds. The largest absolute Gasteiger partial charge is 0.381 e. The molecule has 0 radical (unpaired) electrons. The second kappa shape index (κ2) is 7.28. The first kappa shape index (κ1) is 14.0. The van der Waals surface area contributed by atoms with Crippen molar-refractivity contribution in [2.75, 3.05) is 13.2 Å². The highest BCUT2D eigenvalue weighted by Crippen LogP contribution is 2.24. The summed E-state index contributed by atoms with van der Waals surface area (Å²) in [6.07, 6.45) is 14.0. The van der Waals surface area contributed by atoms with Crippen LogP contribution < -0.4 is 0 Å². The Morgan fingerprint density at radius 2 is 1.94 bits per heavy atom. The fourth-order valence-corrected chi connectivity index (χ4v) is 2.21. The molecule has 1 heterocycles. The normalized spacial score (nSPS) is 21.8. The second-order valence-corrected chi connectivity index (χ2v) is 4.56. The van der Waals surface area contributed by atoms with Crippen LogP contribution in [0.3, 0.4) is 0 Å². The van der Waals surface area contributed by atoms with Gasteiger partial charge < -0.3 is 4.74 Å². The van der Waals surface area contributed by atoms with Crippen LogP contribution in [0.1, 0.15) is 32.6 Å². The van der Waals surface area contributed by atoms with Gasteiger partial charge in [0.15, 0.2) is 0 Å². The fourth-order valence-electron chi connectivity index (χ4n) is 2.21. The summed E-state index contributed by atoms with van der Waals surface area (Å²) >= 11 is 0. The van der Waals surface area contributed by atoms with E-state index in [0.717, 1.165) is 25.6 Å². The van der Waals surface area contributed by atoms with E-state index < -0.39 is 0 Å². The minimum atomic E-state index is 0. The lowest BCUT2D eigenvalue weighted by molar-refractivity contribution is 0.0667. The van der Waals surface area contributed by atoms with E-state index in [2.05, 4.69) is 31.2 Å². The highest BCUT2D eigenvalue weighted by Gasteiger charge is 2.14. The SMILES string of the molecule is CC1=CCC=C(CC2CCOCC2)C=C1.I. The molecule has 0 aromatic heterocycles. The zero-order valence-electron chi connectivity index (χ0n) is 9.95. The first-order valence-corrected chi connectivity index (χ1v) is 5.96. The van der Waals surface area contributed by atoms with Crippen molar-refractivity contribution in [3.8, 4) is 0 Å². The van der Waals surface area contributed by atoms with E-state index in [9.17, 15) is 0 Å². The first-order chi connectivity index (χ1) is 7.34. The van der Waals surface area contributed by atoms with Gasteiger partial charge in [0.05, 0.1) is 0 Å². The van der Waals surface area contributed by atoms with Gasteiger partial charge in [-0.1, -0.05) is 35.5 Å². The number of halogens is 1. The van der Waals surface area contributed by atoms with Gasteiger partial charge in [0.1, 0.15) is 0 Å². The van der Waals surface area contributed by atoms with Crippen LogP contribution in [0.25, 0.3) is 0 Å².